The molecule has 2 rings (SSSR count). The number of aromatic nitrogens is 1. The van der Waals surface area contributed by atoms with Gasteiger partial charge in [0.25, 0.3) is 9.05 Å². The highest BCUT2D eigenvalue weighted by Gasteiger charge is 2.16. The van der Waals surface area contributed by atoms with Crippen molar-refractivity contribution >= 4 is 67.5 Å². The summed E-state index contributed by atoms with van der Waals surface area (Å²) < 4.78 is 30.2. The first-order valence-electron chi connectivity index (χ1n) is 5.43. The van der Waals surface area contributed by atoms with E-state index >= 15 is 0 Å². The van der Waals surface area contributed by atoms with Crippen LogP contribution in [0, 0.1) is 0 Å². The molecule has 112 valence electrons. The quantitative estimate of drug-likeness (QED) is 0.540. The topological polar surface area (TPSA) is 56.3 Å². The number of ether oxygens (including phenoxy) is 1. The zero-order valence-electron chi connectivity index (χ0n) is 10.2. The molecule has 4 nitrogen and oxygen atoms in total. The van der Waals surface area contributed by atoms with Crippen LogP contribution in [0.5, 0.6) is 5.75 Å². The van der Waals surface area contributed by atoms with Crippen molar-refractivity contribution in [1.82, 2.24) is 4.98 Å². The number of nitrogens with zero attached hydrogens (tertiary/aromatic N) is 1. The normalized spacial score (nSPS) is 11.4. The number of hydrogen-bond acceptors (Lipinski definition) is 4. The van der Waals surface area contributed by atoms with Crippen molar-refractivity contribution in [3.8, 4) is 5.75 Å². The Labute approximate surface area is 151 Å². The van der Waals surface area contributed by atoms with Crippen molar-refractivity contribution in [3.63, 3.8) is 0 Å². The lowest BCUT2D eigenvalue weighted by Gasteiger charge is -2.11. The summed E-state index contributed by atoms with van der Waals surface area (Å²) in [7, 11) is 1.52. The van der Waals surface area contributed by atoms with Crippen LogP contribution in [-0.4, -0.2) is 13.4 Å². The Morgan fingerprint density at radius 2 is 1.71 bits per heavy atom. The van der Waals surface area contributed by atoms with Gasteiger partial charge in [0.1, 0.15) is 12.4 Å². The number of pyridine rings is 1. The van der Waals surface area contributed by atoms with E-state index in [2.05, 4.69) is 52.8 Å². The monoisotopic (exact) mass is 517 g/mol. The molecule has 0 radical (unpaired) electrons. The summed E-state index contributed by atoms with van der Waals surface area (Å²) in [5.41, 5.74) is 0.872. The molecule has 21 heavy (non-hydrogen) atoms. The van der Waals surface area contributed by atoms with Gasteiger partial charge in [0.2, 0.25) is 0 Å². The minimum atomic E-state index is -3.80. The summed E-state index contributed by atoms with van der Waals surface area (Å²) in [5.74, 6) is 0.485. The van der Waals surface area contributed by atoms with Crippen molar-refractivity contribution in [3.05, 3.63) is 49.6 Å². The van der Waals surface area contributed by atoms with E-state index < -0.39 is 9.05 Å². The summed E-state index contributed by atoms with van der Waals surface area (Å²) in [6, 6.07) is 4.66. The number of benzene rings is 1. The minimum absolute atomic E-state index is 0.0145. The van der Waals surface area contributed by atoms with Gasteiger partial charge in [0.05, 0.1) is 13.8 Å². The van der Waals surface area contributed by atoms with Crippen molar-refractivity contribution in [1.29, 1.82) is 0 Å². The summed E-state index contributed by atoms with van der Waals surface area (Å²) in [5, 5.41) is 0. The van der Waals surface area contributed by atoms with Gasteiger partial charge in [-0.3, -0.25) is 4.98 Å². The third-order valence-electron chi connectivity index (χ3n) is 2.40. The second-order valence-corrected chi connectivity index (χ2v) is 9.14. The van der Waals surface area contributed by atoms with Gasteiger partial charge in [-0.05, 0) is 66.0 Å². The molecule has 0 aliphatic carbocycles. The second-order valence-electron chi connectivity index (χ2n) is 3.95. The predicted molar refractivity (Wildman–Crippen MR) is 91.1 cm³/mol. The maximum Gasteiger partial charge on any atom is 0.261 e. The van der Waals surface area contributed by atoms with Crippen LogP contribution in [0.25, 0.3) is 0 Å². The van der Waals surface area contributed by atoms with Crippen LogP contribution in [-0.2, 0) is 15.7 Å². The zero-order chi connectivity index (χ0) is 15.6. The fourth-order valence-corrected chi connectivity index (χ4v) is 4.42. The Morgan fingerprint density at radius 3 is 2.24 bits per heavy atom. The Kier molecular flexibility index (Phi) is 5.70. The second kappa shape index (κ2) is 6.95. The van der Waals surface area contributed by atoms with Gasteiger partial charge in [0, 0.05) is 33.1 Å². The van der Waals surface area contributed by atoms with E-state index in [-0.39, 0.29) is 11.5 Å². The average molecular weight is 520 g/mol. The van der Waals surface area contributed by atoms with Gasteiger partial charge in [-0.2, -0.15) is 0 Å². The molecule has 0 amide bonds. The largest absolute Gasteiger partial charge is 0.486 e. The Hall–Kier alpha value is -0.150. The van der Waals surface area contributed by atoms with E-state index in [9.17, 15) is 8.42 Å². The SMILES string of the molecule is O=S(=O)(Cl)c1cc(Br)c(OCc2cncc(Br)c2)c(Br)c1. The summed E-state index contributed by atoms with van der Waals surface area (Å²) in [4.78, 5) is 4.03. The molecular weight excluding hydrogens is 513 g/mol. The lowest BCUT2D eigenvalue weighted by Crippen LogP contribution is -1.99. The van der Waals surface area contributed by atoms with Crippen LogP contribution in [0.4, 0.5) is 0 Å². The Balaban J connectivity index is 2.25. The molecule has 0 spiro atoms. The van der Waals surface area contributed by atoms with E-state index in [1.54, 1.807) is 12.4 Å². The molecule has 1 aromatic carbocycles. The molecule has 0 bridgehead atoms. The van der Waals surface area contributed by atoms with Crippen molar-refractivity contribution < 1.29 is 13.2 Å². The van der Waals surface area contributed by atoms with E-state index in [1.807, 2.05) is 6.07 Å². The zero-order valence-corrected chi connectivity index (χ0v) is 16.5. The van der Waals surface area contributed by atoms with Gasteiger partial charge < -0.3 is 4.74 Å². The van der Waals surface area contributed by atoms with Crippen LogP contribution in [0.15, 0.2) is 48.9 Å². The van der Waals surface area contributed by atoms with E-state index in [4.69, 9.17) is 15.4 Å². The van der Waals surface area contributed by atoms with Gasteiger partial charge in [-0.25, -0.2) is 8.42 Å². The first-order valence-corrected chi connectivity index (χ1v) is 10.1. The first-order chi connectivity index (χ1) is 9.77. The van der Waals surface area contributed by atoms with Crippen molar-refractivity contribution in [2.75, 3.05) is 0 Å². The molecule has 0 N–H and O–H groups in total. The lowest BCUT2D eigenvalue weighted by molar-refractivity contribution is 0.301. The third kappa shape index (κ3) is 4.66. The van der Waals surface area contributed by atoms with E-state index in [1.165, 1.54) is 12.1 Å². The van der Waals surface area contributed by atoms with Crippen LogP contribution in [0.2, 0.25) is 0 Å². The molecule has 0 atom stereocenters. The fraction of sp³-hybridized carbons (Fsp3) is 0.0833. The van der Waals surface area contributed by atoms with Gasteiger partial charge in [-0.1, -0.05) is 0 Å². The molecular formula is C12H7Br3ClNO3S. The van der Waals surface area contributed by atoms with Crippen LogP contribution >= 0.6 is 58.5 Å². The molecule has 2 aromatic rings. The highest BCUT2D eigenvalue weighted by Crippen LogP contribution is 2.37. The molecule has 0 saturated carbocycles. The molecule has 1 heterocycles. The van der Waals surface area contributed by atoms with E-state index in [0.717, 1.165) is 10.0 Å². The van der Waals surface area contributed by atoms with Crippen molar-refractivity contribution in [2.45, 2.75) is 11.5 Å². The number of rotatable bonds is 4. The van der Waals surface area contributed by atoms with Crippen LogP contribution in [0.3, 0.4) is 0 Å². The predicted octanol–water partition coefficient (Wildman–Crippen LogP) is 4.88. The molecule has 0 aliphatic heterocycles. The smallest absolute Gasteiger partial charge is 0.261 e. The molecule has 0 aliphatic rings. The number of halogens is 4. The molecule has 0 fully saturated rings. The summed E-state index contributed by atoms with van der Waals surface area (Å²) in [6.07, 6.45) is 3.36. The number of hydrogen-bond donors (Lipinski definition) is 0. The van der Waals surface area contributed by atoms with E-state index in [0.29, 0.717) is 14.7 Å². The average Bonchev–Trinajstić information content (AvgIpc) is 2.36. The molecule has 9 heteroatoms. The highest BCUT2D eigenvalue weighted by atomic mass is 79.9. The fourth-order valence-electron chi connectivity index (χ4n) is 1.51. The molecule has 0 unspecified atom stereocenters. The molecule has 0 saturated heterocycles. The summed E-state index contributed by atoms with van der Waals surface area (Å²) >= 11 is 9.88. The first kappa shape index (κ1) is 17.2. The highest BCUT2D eigenvalue weighted by molar-refractivity contribution is 9.11. The summed E-state index contributed by atoms with van der Waals surface area (Å²) in [6.45, 7) is 0.288. The minimum Gasteiger partial charge on any atom is -0.486 e. The van der Waals surface area contributed by atoms with Gasteiger partial charge >= 0.3 is 0 Å². The van der Waals surface area contributed by atoms with Crippen LogP contribution in [0.1, 0.15) is 5.56 Å². The molecule has 1 aromatic heterocycles. The van der Waals surface area contributed by atoms with Crippen LogP contribution < -0.4 is 4.74 Å². The van der Waals surface area contributed by atoms with Gasteiger partial charge in [0.15, 0.2) is 0 Å². The lowest BCUT2D eigenvalue weighted by atomic mass is 10.3. The van der Waals surface area contributed by atoms with Crippen molar-refractivity contribution in [2.24, 2.45) is 0 Å². The third-order valence-corrected chi connectivity index (χ3v) is 5.34. The Morgan fingerprint density at radius 1 is 1.10 bits per heavy atom. The van der Waals surface area contributed by atoms with Gasteiger partial charge in [-0.15, -0.1) is 0 Å². The maximum atomic E-state index is 11.3. The maximum absolute atomic E-state index is 11.3. The Bertz CT molecular complexity index is 760. The standard InChI is InChI=1S/C12H7Br3ClNO3S/c13-8-1-7(4-17-5-8)6-20-12-10(14)2-9(3-11(12)15)21(16,18)19/h1-5H,6H2.